The van der Waals surface area contributed by atoms with Gasteiger partial charge in [-0.1, -0.05) is 68.4 Å². The Morgan fingerprint density at radius 3 is 2.44 bits per heavy atom. The third-order valence-electron chi connectivity index (χ3n) is 5.94. The van der Waals surface area contributed by atoms with Crippen LogP contribution in [0.1, 0.15) is 47.8 Å². The average molecular weight is 435 g/mol. The second-order valence-electron chi connectivity index (χ2n) is 8.45. The lowest BCUT2D eigenvalue weighted by Gasteiger charge is -2.38. The van der Waals surface area contributed by atoms with Crippen molar-refractivity contribution in [3.63, 3.8) is 0 Å². The minimum Gasteiger partial charge on any atom is -0.396 e. The molecule has 3 aromatic rings. The highest BCUT2D eigenvalue weighted by Gasteiger charge is 2.40. The van der Waals surface area contributed by atoms with Crippen molar-refractivity contribution in [2.24, 2.45) is 0 Å². The summed E-state index contributed by atoms with van der Waals surface area (Å²) in [4.78, 5) is 21.4. The van der Waals surface area contributed by atoms with E-state index in [1.807, 2.05) is 53.1 Å². The van der Waals surface area contributed by atoms with Crippen LogP contribution in [0.25, 0.3) is 11.4 Å². The molecule has 1 amide bonds. The zero-order chi connectivity index (χ0) is 22.8. The van der Waals surface area contributed by atoms with Crippen LogP contribution < -0.4 is 4.90 Å². The van der Waals surface area contributed by atoms with Crippen LogP contribution in [0.4, 0.5) is 5.82 Å². The summed E-state index contributed by atoms with van der Waals surface area (Å²) in [6.07, 6.45) is -0.739. The number of carbonyl (C=O) groups is 1. The van der Waals surface area contributed by atoms with Crippen molar-refractivity contribution in [2.75, 3.05) is 25.1 Å². The maximum absolute atomic E-state index is 13.5. The Hall–Kier alpha value is -3.16. The van der Waals surface area contributed by atoms with Gasteiger partial charge >= 0.3 is 0 Å². The van der Waals surface area contributed by atoms with E-state index in [0.717, 1.165) is 16.7 Å². The van der Waals surface area contributed by atoms with Crippen LogP contribution in [0.15, 0.2) is 54.6 Å². The van der Waals surface area contributed by atoms with Gasteiger partial charge in [0.1, 0.15) is 5.82 Å². The first-order valence-electron chi connectivity index (χ1n) is 11.0. The molecule has 1 atom stereocenters. The molecule has 0 aliphatic carbocycles. The average Bonchev–Trinajstić information content (AvgIpc) is 3.17. The lowest BCUT2D eigenvalue weighted by Crippen LogP contribution is -2.54. The van der Waals surface area contributed by atoms with Gasteiger partial charge in [0.2, 0.25) is 6.35 Å². The second-order valence-corrected chi connectivity index (χ2v) is 8.45. The smallest absolute Gasteiger partial charge is 0.277 e. The van der Waals surface area contributed by atoms with Crippen LogP contribution in [-0.4, -0.2) is 57.1 Å². The molecular weight excluding hydrogens is 404 g/mol. The third-order valence-corrected chi connectivity index (χ3v) is 5.94. The topological polar surface area (TPSA) is 81.8 Å². The van der Waals surface area contributed by atoms with Crippen LogP contribution in [-0.2, 0) is 6.54 Å². The van der Waals surface area contributed by atoms with E-state index in [0.29, 0.717) is 30.3 Å². The predicted molar refractivity (Wildman–Crippen MR) is 124 cm³/mol. The van der Waals surface area contributed by atoms with E-state index in [9.17, 15) is 15.0 Å². The molecule has 32 heavy (non-hydrogen) atoms. The quantitative estimate of drug-likeness (QED) is 0.597. The van der Waals surface area contributed by atoms with Gasteiger partial charge in [-0.15, -0.1) is 0 Å². The summed E-state index contributed by atoms with van der Waals surface area (Å²) < 4.78 is 1.96. The standard InChI is InChI=1S/C25H30N4O3/c1-17(2)19-12-7-8-13-20(19)22-26-23-21(29(22)16-18-10-5-4-6-11-18)24(31)28(14-9-15-30)25(32)27(23)3/h4-8,10-13,17,25,30,32H,9,14-16H2,1-3H3. The molecule has 0 saturated heterocycles. The Balaban J connectivity index is 1.92. The number of hydrogen-bond acceptors (Lipinski definition) is 5. The largest absolute Gasteiger partial charge is 0.396 e. The summed E-state index contributed by atoms with van der Waals surface area (Å²) in [5, 5.41) is 20.0. The van der Waals surface area contributed by atoms with Gasteiger partial charge in [0.15, 0.2) is 11.5 Å². The number of anilines is 1. The number of imidazole rings is 1. The molecule has 7 heteroatoms. The number of carbonyl (C=O) groups excluding carboxylic acids is 1. The number of fused-ring (bicyclic) bond motifs is 1. The number of amides is 1. The molecule has 1 unspecified atom stereocenters. The molecule has 0 bridgehead atoms. The van der Waals surface area contributed by atoms with Gasteiger partial charge in [-0.25, -0.2) is 4.98 Å². The summed E-state index contributed by atoms with van der Waals surface area (Å²) in [6.45, 7) is 4.97. The molecular formula is C25H30N4O3. The molecule has 0 saturated carbocycles. The summed E-state index contributed by atoms with van der Waals surface area (Å²) in [5.74, 6) is 1.17. The van der Waals surface area contributed by atoms with Crippen LogP contribution in [0, 0.1) is 0 Å². The Bertz CT molecular complexity index is 1090. The molecule has 1 aliphatic rings. The van der Waals surface area contributed by atoms with E-state index in [1.54, 1.807) is 11.9 Å². The number of aromatic nitrogens is 2. The molecule has 168 valence electrons. The van der Waals surface area contributed by atoms with Gasteiger partial charge < -0.3 is 19.7 Å². The SMILES string of the molecule is CC(C)c1ccccc1-c1nc2c(n1Cc1ccccc1)C(=O)N(CCCO)C(O)N2C. The van der Waals surface area contributed by atoms with E-state index in [-0.39, 0.29) is 25.0 Å². The van der Waals surface area contributed by atoms with E-state index in [1.165, 1.54) is 4.90 Å². The molecule has 2 N–H and O–H groups in total. The fourth-order valence-electron chi connectivity index (χ4n) is 4.24. The van der Waals surface area contributed by atoms with Gasteiger partial charge in [-0.2, -0.15) is 0 Å². The van der Waals surface area contributed by atoms with E-state index in [4.69, 9.17) is 4.98 Å². The Morgan fingerprint density at radius 2 is 1.75 bits per heavy atom. The normalized spacial score (nSPS) is 16.1. The zero-order valence-corrected chi connectivity index (χ0v) is 18.8. The van der Waals surface area contributed by atoms with Crippen LogP contribution >= 0.6 is 0 Å². The van der Waals surface area contributed by atoms with Crippen molar-refractivity contribution >= 4 is 11.7 Å². The fourth-order valence-corrected chi connectivity index (χ4v) is 4.24. The van der Waals surface area contributed by atoms with Crippen molar-refractivity contribution in [3.05, 3.63) is 71.4 Å². The third kappa shape index (κ3) is 3.89. The van der Waals surface area contributed by atoms with Crippen molar-refractivity contribution < 1.29 is 15.0 Å². The van der Waals surface area contributed by atoms with E-state index in [2.05, 4.69) is 19.9 Å². The van der Waals surface area contributed by atoms with Gasteiger partial charge in [-0.05, 0) is 23.5 Å². The zero-order valence-electron chi connectivity index (χ0n) is 18.8. The fraction of sp³-hybridized carbons (Fsp3) is 0.360. The Kier molecular flexibility index (Phi) is 6.30. The molecule has 2 heterocycles. The van der Waals surface area contributed by atoms with E-state index < -0.39 is 6.35 Å². The monoisotopic (exact) mass is 434 g/mol. The van der Waals surface area contributed by atoms with Crippen molar-refractivity contribution in [1.29, 1.82) is 0 Å². The molecule has 4 rings (SSSR count). The lowest BCUT2D eigenvalue weighted by molar-refractivity contribution is 0.00114. The number of nitrogens with zero attached hydrogens (tertiary/aromatic N) is 4. The molecule has 0 radical (unpaired) electrons. The summed E-state index contributed by atoms with van der Waals surface area (Å²) in [7, 11) is 1.74. The highest BCUT2D eigenvalue weighted by atomic mass is 16.3. The summed E-state index contributed by atoms with van der Waals surface area (Å²) in [5.41, 5.74) is 3.63. The lowest BCUT2D eigenvalue weighted by atomic mass is 9.97. The number of aliphatic hydroxyl groups excluding tert-OH is 2. The Morgan fingerprint density at radius 1 is 1.06 bits per heavy atom. The number of aliphatic hydroxyl groups is 2. The molecule has 0 spiro atoms. The molecule has 0 fully saturated rings. The van der Waals surface area contributed by atoms with Crippen LogP contribution in [0.2, 0.25) is 0 Å². The second kappa shape index (κ2) is 9.14. The molecule has 1 aliphatic heterocycles. The highest BCUT2D eigenvalue weighted by Crippen LogP contribution is 2.36. The summed E-state index contributed by atoms with van der Waals surface area (Å²) >= 11 is 0. The first kappa shape index (κ1) is 22.0. The highest BCUT2D eigenvalue weighted by molar-refractivity contribution is 6.00. The maximum atomic E-state index is 13.5. The van der Waals surface area contributed by atoms with Crippen LogP contribution in [0.3, 0.4) is 0 Å². The van der Waals surface area contributed by atoms with Crippen molar-refractivity contribution in [3.8, 4) is 11.4 Å². The van der Waals surface area contributed by atoms with E-state index >= 15 is 0 Å². The number of benzene rings is 2. The molecule has 1 aromatic heterocycles. The van der Waals surface area contributed by atoms with Crippen molar-refractivity contribution in [1.82, 2.24) is 14.5 Å². The summed E-state index contributed by atoms with van der Waals surface area (Å²) in [6, 6.07) is 18.1. The first-order valence-corrected chi connectivity index (χ1v) is 11.0. The van der Waals surface area contributed by atoms with Crippen molar-refractivity contribution in [2.45, 2.75) is 39.1 Å². The number of hydrogen-bond donors (Lipinski definition) is 2. The molecule has 2 aromatic carbocycles. The Labute approximate surface area is 188 Å². The maximum Gasteiger partial charge on any atom is 0.277 e. The minimum atomic E-state index is -1.13. The predicted octanol–water partition coefficient (Wildman–Crippen LogP) is 3.27. The first-order chi connectivity index (χ1) is 15.4. The van der Waals surface area contributed by atoms with Gasteiger partial charge in [-0.3, -0.25) is 9.69 Å². The van der Waals surface area contributed by atoms with Gasteiger partial charge in [0.05, 0.1) is 0 Å². The number of rotatable bonds is 7. The molecule has 7 nitrogen and oxygen atoms in total. The minimum absolute atomic E-state index is 0.0522. The van der Waals surface area contributed by atoms with Gasteiger partial charge in [0, 0.05) is 32.3 Å². The van der Waals surface area contributed by atoms with Gasteiger partial charge in [0.25, 0.3) is 5.91 Å². The van der Waals surface area contributed by atoms with Crippen LogP contribution in [0.5, 0.6) is 0 Å².